The molecule has 0 spiro atoms. The minimum Gasteiger partial charge on any atom is -0.497 e. The van der Waals surface area contributed by atoms with Crippen molar-refractivity contribution in [3.63, 3.8) is 0 Å². The number of amides is 4. The smallest absolute Gasteiger partial charge is 0.329 e. The lowest BCUT2D eigenvalue weighted by atomic mass is 10.0. The first kappa shape index (κ1) is 22.4. The van der Waals surface area contributed by atoms with E-state index >= 15 is 0 Å². The maximum atomic E-state index is 13.2. The first-order valence-corrected chi connectivity index (χ1v) is 10.8. The lowest BCUT2D eigenvalue weighted by molar-refractivity contribution is -0.134. The molecule has 4 rings (SSSR count). The summed E-state index contributed by atoms with van der Waals surface area (Å²) in [5.74, 6) is 1.30. The molecular formula is C24H27N3O6. The van der Waals surface area contributed by atoms with E-state index in [0.717, 1.165) is 23.3 Å². The van der Waals surface area contributed by atoms with Gasteiger partial charge >= 0.3 is 6.03 Å². The van der Waals surface area contributed by atoms with Crippen LogP contribution >= 0.6 is 0 Å². The van der Waals surface area contributed by atoms with Crippen LogP contribution in [0, 0.1) is 0 Å². The SMILES string of the molecule is COc1ccc(N2C(=O)N[C@H](CC(=O)N3CCC[C@H]3c3ccc(OC)cc3OC)C2=O)cc1. The van der Waals surface area contributed by atoms with E-state index in [2.05, 4.69) is 5.32 Å². The van der Waals surface area contributed by atoms with Gasteiger partial charge in [0.05, 0.1) is 39.5 Å². The number of imide groups is 1. The number of carbonyl (C=O) groups excluding carboxylic acids is 3. The summed E-state index contributed by atoms with van der Waals surface area (Å²) in [6, 6.07) is 10.5. The number of anilines is 1. The van der Waals surface area contributed by atoms with Gasteiger partial charge < -0.3 is 24.4 Å². The Morgan fingerprint density at radius 2 is 1.70 bits per heavy atom. The first-order valence-electron chi connectivity index (χ1n) is 10.8. The molecule has 9 nitrogen and oxygen atoms in total. The van der Waals surface area contributed by atoms with Crippen LogP contribution in [0.1, 0.15) is 30.9 Å². The number of hydrogen-bond donors (Lipinski definition) is 1. The number of nitrogens with zero attached hydrogens (tertiary/aromatic N) is 2. The molecule has 9 heteroatoms. The number of methoxy groups -OCH3 is 3. The molecule has 174 valence electrons. The molecule has 0 saturated carbocycles. The van der Waals surface area contributed by atoms with Crippen molar-refractivity contribution < 1.29 is 28.6 Å². The van der Waals surface area contributed by atoms with Crippen LogP contribution < -0.4 is 24.4 Å². The van der Waals surface area contributed by atoms with E-state index in [0.29, 0.717) is 29.5 Å². The normalized spacial score (nSPS) is 20.1. The summed E-state index contributed by atoms with van der Waals surface area (Å²) in [5.41, 5.74) is 1.32. The summed E-state index contributed by atoms with van der Waals surface area (Å²) < 4.78 is 15.9. The van der Waals surface area contributed by atoms with Crippen LogP contribution in [0.25, 0.3) is 0 Å². The zero-order valence-corrected chi connectivity index (χ0v) is 18.9. The van der Waals surface area contributed by atoms with E-state index in [1.165, 1.54) is 7.11 Å². The summed E-state index contributed by atoms with van der Waals surface area (Å²) in [6.45, 7) is 0.579. The quantitative estimate of drug-likeness (QED) is 0.648. The van der Waals surface area contributed by atoms with Crippen molar-refractivity contribution in [2.45, 2.75) is 31.3 Å². The Morgan fingerprint density at radius 3 is 2.36 bits per heavy atom. The minimum absolute atomic E-state index is 0.105. The predicted molar refractivity (Wildman–Crippen MR) is 121 cm³/mol. The Morgan fingerprint density at radius 1 is 1.00 bits per heavy atom. The van der Waals surface area contributed by atoms with Crippen LogP contribution in [-0.4, -0.2) is 56.7 Å². The van der Waals surface area contributed by atoms with Gasteiger partial charge in [-0.2, -0.15) is 0 Å². The molecule has 0 bridgehead atoms. The van der Waals surface area contributed by atoms with Crippen molar-refractivity contribution in [3.8, 4) is 17.2 Å². The third-order valence-corrected chi connectivity index (χ3v) is 6.10. The Kier molecular flexibility index (Phi) is 6.39. The molecule has 2 aromatic rings. The summed E-state index contributed by atoms with van der Waals surface area (Å²) in [7, 11) is 4.71. The number of likely N-dealkylation sites (tertiary alicyclic amines) is 1. The minimum atomic E-state index is -0.911. The lowest BCUT2D eigenvalue weighted by Crippen LogP contribution is -2.39. The second-order valence-corrected chi connectivity index (χ2v) is 7.93. The number of carbonyl (C=O) groups is 3. The Balaban J connectivity index is 1.48. The topological polar surface area (TPSA) is 97.4 Å². The molecule has 0 aromatic heterocycles. The molecule has 2 atom stereocenters. The molecule has 2 aliphatic heterocycles. The highest BCUT2D eigenvalue weighted by atomic mass is 16.5. The number of urea groups is 1. The molecule has 1 N–H and O–H groups in total. The third kappa shape index (κ3) is 4.30. The van der Waals surface area contributed by atoms with Gasteiger partial charge in [0.25, 0.3) is 5.91 Å². The zero-order valence-electron chi connectivity index (χ0n) is 18.9. The van der Waals surface area contributed by atoms with E-state index in [1.54, 1.807) is 49.5 Å². The Hall–Kier alpha value is -3.75. The second kappa shape index (κ2) is 9.40. The van der Waals surface area contributed by atoms with Crippen LogP contribution in [0.15, 0.2) is 42.5 Å². The van der Waals surface area contributed by atoms with Gasteiger partial charge in [-0.1, -0.05) is 0 Å². The van der Waals surface area contributed by atoms with Crippen molar-refractivity contribution in [3.05, 3.63) is 48.0 Å². The number of nitrogens with one attached hydrogen (secondary N) is 1. The molecule has 2 aromatic carbocycles. The fraction of sp³-hybridized carbons (Fsp3) is 0.375. The highest BCUT2D eigenvalue weighted by Gasteiger charge is 2.42. The van der Waals surface area contributed by atoms with Crippen LogP contribution in [0.3, 0.4) is 0 Å². The Labute approximate surface area is 192 Å². The van der Waals surface area contributed by atoms with Crippen molar-refractivity contribution in [1.29, 1.82) is 0 Å². The second-order valence-electron chi connectivity index (χ2n) is 7.93. The number of ether oxygens (including phenoxy) is 3. The first-order chi connectivity index (χ1) is 16.0. The molecule has 2 heterocycles. The summed E-state index contributed by atoms with van der Waals surface area (Å²) in [5, 5.41) is 2.64. The number of benzene rings is 2. The molecule has 2 fully saturated rings. The monoisotopic (exact) mass is 453 g/mol. The van der Waals surface area contributed by atoms with Gasteiger partial charge in [-0.05, 0) is 49.2 Å². The number of hydrogen-bond acceptors (Lipinski definition) is 6. The predicted octanol–water partition coefficient (Wildman–Crippen LogP) is 2.89. The third-order valence-electron chi connectivity index (χ3n) is 6.10. The molecule has 2 aliphatic rings. The summed E-state index contributed by atoms with van der Waals surface area (Å²) >= 11 is 0. The van der Waals surface area contributed by atoms with Crippen LogP contribution in [-0.2, 0) is 9.59 Å². The molecule has 0 radical (unpaired) electrons. The maximum absolute atomic E-state index is 13.2. The van der Waals surface area contributed by atoms with Crippen LogP contribution in [0.2, 0.25) is 0 Å². The molecule has 0 unspecified atom stereocenters. The van der Waals surface area contributed by atoms with Crippen molar-refractivity contribution in [2.24, 2.45) is 0 Å². The van der Waals surface area contributed by atoms with Crippen molar-refractivity contribution >= 4 is 23.5 Å². The van der Waals surface area contributed by atoms with Gasteiger partial charge in [0.2, 0.25) is 5.91 Å². The Bertz CT molecular complexity index is 1050. The average molecular weight is 453 g/mol. The average Bonchev–Trinajstić information content (AvgIpc) is 3.43. The van der Waals surface area contributed by atoms with Gasteiger partial charge in [-0.25, -0.2) is 9.69 Å². The van der Waals surface area contributed by atoms with Crippen LogP contribution in [0.4, 0.5) is 10.5 Å². The molecule has 0 aliphatic carbocycles. The van der Waals surface area contributed by atoms with Gasteiger partial charge in [0.1, 0.15) is 23.3 Å². The zero-order chi connectivity index (χ0) is 23.5. The molecule has 33 heavy (non-hydrogen) atoms. The largest absolute Gasteiger partial charge is 0.497 e. The van der Waals surface area contributed by atoms with E-state index in [1.807, 2.05) is 12.1 Å². The van der Waals surface area contributed by atoms with E-state index in [-0.39, 0.29) is 18.4 Å². The van der Waals surface area contributed by atoms with E-state index in [9.17, 15) is 14.4 Å². The standard InChI is InChI=1S/C24H27N3O6/c1-31-16-8-6-15(7-9-16)27-23(29)19(25-24(27)30)14-22(28)26-12-4-5-20(26)18-11-10-17(32-2)13-21(18)33-3/h6-11,13,19-20H,4-5,12,14H2,1-3H3,(H,25,30)/t19-,20+/m1/s1. The van der Waals surface area contributed by atoms with E-state index < -0.39 is 18.0 Å². The highest BCUT2D eigenvalue weighted by Crippen LogP contribution is 2.39. The number of rotatable bonds is 7. The highest BCUT2D eigenvalue weighted by molar-refractivity contribution is 6.22. The van der Waals surface area contributed by atoms with Crippen LogP contribution in [0.5, 0.6) is 17.2 Å². The molecule has 4 amide bonds. The molecular weight excluding hydrogens is 426 g/mol. The lowest BCUT2D eigenvalue weighted by Gasteiger charge is -2.27. The summed E-state index contributed by atoms with van der Waals surface area (Å²) in [4.78, 5) is 41.5. The van der Waals surface area contributed by atoms with Crippen molar-refractivity contribution in [1.82, 2.24) is 10.2 Å². The van der Waals surface area contributed by atoms with Gasteiger partial charge in [0.15, 0.2) is 0 Å². The van der Waals surface area contributed by atoms with Gasteiger partial charge in [0, 0.05) is 18.2 Å². The van der Waals surface area contributed by atoms with Gasteiger partial charge in [-0.15, -0.1) is 0 Å². The fourth-order valence-electron chi connectivity index (χ4n) is 4.42. The fourth-order valence-corrected chi connectivity index (χ4v) is 4.42. The van der Waals surface area contributed by atoms with E-state index in [4.69, 9.17) is 14.2 Å². The molecule has 2 saturated heterocycles. The van der Waals surface area contributed by atoms with Gasteiger partial charge in [-0.3, -0.25) is 9.59 Å². The maximum Gasteiger partial charge on any atom is 0.329 e. The summed E-state index contributed by atoms with van der Waals surface area (Å²) in [6.07, 6.45) is 1.53. The van der Waals surface area contributed by atoms with Crippen molar-refractivity contribution in [2.75, 3.05) is 32.8 Å².